The molecule has 1 aliphatic carbocycles. The number of nitrogens with two attached hydrogens (primary N) is 1. The molecule has 110 valence electrons. The first-order valence-electron chi connectivity index (χ1n) is 7.79. The summed E-state index contributed by atoms with van der Waals surface area (Å²) < 4.78 is 0. The quantitative estimate of drug-likeness (QED) is 0.776. The molecule has 2 N–H and O–H groups in total. The predicted molar refractivity (Wildman–Crippen MR) is 88.4 cm³/mol. The van der Waals surface area contributed by atoms with Gasteiger partial charge in [0, 0.05) is 23.1 Å². The van der Waals surface area contributed by atoms with Gasteiger partial charge in [0.2, 0.25) is 0 Å². The summed E-state index contributed by atoms with van der Waals surface area (Å²) in [6.45, 7) is 0. The summed E-state index contributed by atoms with van der Waals surface area (Å²) in [5.74, 6) is 0.990. The highest BCUT2D eigenvalue weighted by Gasteiger charge is 2.23. The average molecular weight is 290 g/mol. The van der Waals surface area contributed by atoms with Crippen molar-refractivity contribution in [3.63, 3.8) is 0 Å². The molecular weight excluding hydrogens is 272 g/mol. The number of pyridine rings is 1. The van der Waals surface area contributed by atoms with Crippen molar-refractivity contribution < 1.29 is 0 Å². The third-order valence-corrected chi connectivity index (χ3v) is 4.44. The molecule has 1 aromatic carbocycles. The molecule has 4 nitrogen and oxygen atoms in total. The van der Waals surface area contributed by atoms with Crippen molar-refractivity contribution in [3.8, 4) is 11.3 Å². The van der Waals surface area contributed by atoms with E-state index in [1.54, 1.807) is 6.20 Å². The van der Waals surface area contributed by atoms with Crippen LogP contribution in [0.4, 0.5) is 5.82 Å². The molecule has 0 amide bonds. The Hall–Kier alpha value is -2.49. The molecule has 1 saturated carbocycles. The van der Waals surface area contributed by atoms with E-state index in [0.717, 1.165) is 27.9 Å². The van der Waals surface area contributed by atoms with Gasteiger partial charge in [-0.3, -0.25) is 9.97 Å². The Labute approximate surface area is 129 Å². The standard InChI is InChI=1S/C18H18N4/c19-16-11-21-17(18(22-16)12-4-1-2-5-12)14-7-8-15-13(10-14)6-3-9-20-15/h3,6-12H,1-2,4-5H2,(H2,19,22). The fraction of sp³-hybridized carbons (Fsp3) is 0.278. The van der Waals surface area contributed by atoms with Gasteiger partial charge in [0.15, 0.2) is 0 Å². The highest BCUT2D eigenvalue weighted by molar-refractivity contribution is 5.84. The Morgan fingerprint density at radius 1 is 1.05 bits per heavy atom. The first-order chi connectivity index (χ1) is 10.8. The normalized spacial score (nSPS) is 15.5. The summed E-state index contributed by atoms with van der Waals surface area (Å²) >= 11 is 0. The van der Waals surface area contributed by atoms with E-state index in [9.17, 15) is 0 Å². The number of fused-ring (bicyclic) bond motifs is 1. The van der Waals surface area contributed by atoms with Crippen LogP contribution in [0.1, 0.15) is 37.3 Å². The van der Waals surface area contributed by atoms with E-state index in [1.807, 2.05) is 18.3 Å². The van der Waals surface area contributed by atoms with E-state index in [-0.39, 0.29) is 0 Å². The molecule has 1 fully saturated rings. The Bertz CT molecular complexity index is 822. The van der Waals surface area contributed by atoms with Gasteiger partial charge in [-0.1, -0.05) is 25.0 Å². The summed E-state index contributed by atoms with van der Waals surface area (Å²) in [6, 6.07) is 10.3. The van der Waals surface area contributed by atoms with E-state index in [4.69, 9.17) is 5.73 Å². The summed E-state index contributed by atoms with van der Waals surface area (Å²) in [7, 11) is 0. The van der Waals surface area contributed by atoms with Crippen LogP contribution in [0.25, 0.3) is 22.2 Å². The molecule has 0 unspecified atom stereocenters. The third-order valence-electron chi connectivity index (χ3n) is 4.44. The third kappa shape index (κ3) is 2.30. The topological polar surface area (TPSA) is 64.7 Å². The van der Waals surface area contributed by atoms with Gasteiger partial charge in [-0.05, 0) is 31.0 Å². The van der Waals surface area contributed by atoms with Crippen molar-refractivity contribution in [2.45, 2.75) is 31.6 Å². The predicted octanol–water partition coefficient (Wildman–Crippen LogP) is 3.93. The van der Waals surface area contributed by atoms with Crippen molar-refractivity contribution in [2.24, 2.45) is 0 Å². The maximum absolute atomic E-state index is 5.88. The molecule has 0 bridgehead atoms. The lowest BCUT2D eigenvalue weighted by Crippen LogP contribution is -2.05. The zero-order valence-electron chi connectivity index (χ0n) is 12.4. The molecule has 4 heteroatoms. The molecule has 4 rings (SSSR count). The number of anilines is 1. The second-order valence-corrected chi connectivity index (χ2v) is 5.92. The zero-order valence-corrected chi connectivity index (χ0v) is 12.4. The van der Waals surface area contributed by atoms with E-state index >= 15 is 0 Å². The fourth-order valence-corrected chi connectivity index (χ4v) is 3.35. The van der Waals surface area contributed by atoms with Gasteiger partial charge in [0.1, 0.15) is 5.82 Å². The first-order valence-corrected chi connectivity index (χ1v) is 7.79. The number of nitrogen functional groups attached to an aromatic ring is 1. The van der Waals surface area contributed by atoms with Crippen LogP contribution < -0.4 is 5.73 Å². The summed E-state index contributed by atoms with van der Waals surface area (Å²) in [5.41, 5.74) is 9.99. The van der Waals surface area contributed by atoms with Crippen LogP contribution in [0.15, 0.2) is 42.7 Å². The molecule has 0 radical (unpaired) electrons. The summed E-state index contributed by atoms with van der Waals surface area (Å²) in [6.07, 6.45) is 8.36. The molecule has 0 spiro atoms. The lowest BCUT2D eigenvalue weighted by molar-refractivity contribution is 0.696. The molecule has 2 heterocycles. The first kappa shape index (κ1) is 13.2. The summed E-state index contributed by atoms with van der Waals surface area (Å²) in [4.78, 5) is 13.6. The lowest BCUT2D eigenvalue weighted by atomic mass is 9.97. The van der Waals surface area contributed by atoms with Crippen LogP contribution in [0.5, 0.6) is 0 Å². The van der Waals surface area contributed by atoms with Gasteiger partial charge in [0.05, 0.1) is 23.1 Å². The van der Waals surface area contributed by atoms with Crippen LogP contribution in [0.3, 0.4) is 0 Å². The smallest absolute Gasteiger partial charge is 0.142 e. The van der Waals surface area contributed by atoms with Crippen LogP contribution >= 0.6 is 0 Å². The average Bonchev–Trinajstić information content (AvgIpc) is 3.09. The van der Waals surface area contributed by atoms with Gasteiger partial charge in [-0.15, -0.1) is 0 Å². The molecule has 0 saturated heterocycles. The van der Waals surface area contributed by atoms with Crippen molar-refractivity contribution in [3.05, 3.63) is 48.4 Å². The lowest BCUT2D eigenvalue weighted by Gasteiger charge is -2.14. The van der Waals surface area contributed by atoms with Crippen molar-refractivity contribution >= 4 is 16.7 Å². The number of benzene rings is 1. The molecule has 2 aromatic heterocycles. The highest BCUT2D eigenvalue weighted by atomic mass is 14.9. The largest absolute Gasteiger partial charge is 0.382 e. The molecule has 22 heavy (non-hydrogen) atoms. The van der Waals surface area contributed by atoms with Crippen molar-refractivity contribution in [2.75, 3.05) is 5.73 Å². The molecule has 3 aromatic rings. The second kappa shape index (κ2) is 5.37. The summed E-state index contributed by atoms with van der Waals surface area (Å²) in [5, 5.41) is 1.12. The maximum Gasteiger partial charge on any atom is 0.142 e. The van der Waals surface area contributed by atoms with E-state index in [0.29, 0.717) is 11.7 Å². The van der Waals surface area contributed by atoms with Crippen LogP contribution in [0, 0.1) is 0 Å². The minimum Gasteiger partial charge on any atom is -0.382 e. The van der Waals surface area contributed by atoms with E-state index in [1.165, 1.54) is 25.7 Å². The van der Waals surface area contributed by atoms with Crippen LogP contribution in [0.2, 0.25) is 0 Å². The number of hydrogen-bond donors (Lipinski definition) is 1. The van der Waals surface area contributed by atoms with Gasteiger partial charge in [-0.25, -0.2) is 4.98 Å². The van der Waals surface area contributed by atoms with Gasteiger partial charge in [-0.2, -0.15) is 0 Å². The van der Waals surface area contributed by atoms with Crippen LogP contribution in [-0.2, 0) is 0 Å². The van der Waals surface area contributed by atoms with E-state index < -0.39 is 0 Å². The zero-order chi connectivity index (χ0) is 14.9. The minimum atomic E-state index is 0.482. The Balaban J connectivity index is 1.86. The molecule has 1 aliphatic rings. The highest BCUT2D eigenvalue weighted by Crippen LogP contribution is 2.38. The minimum absolute atomic E-state index is 0.482. The number of aromatic nitrogens is 3. The number of nitrogens with zero attached hydrogens (tertiary/aromatic N) is 3. The van der Waals surface area contributed by atoms with Crippen molar-refractivity contribution in [1.29, 1.82) is 0 Å². The van der Waals surface area contributed by atoms with Gasteiger partial charge >= 0.3 is 0 Å². The Kier molecular flexibility index (Phi) is 3.22. The molecule has 0 atom stereocenters. The Morgan fingerprint density at radius 3 is 2.77 bits per heavy atom. The number of rotatable bonds is 2. The Morgan fingerprint density at radius 2 is 1.91 bits per heavy atom. The fourth-order valence-electron chi connectivity index (χ4n) is 3.35. The SMILES string of the molecule is Nc1cnc(-c2ccc3ncccc3c2)c(C2CCCC2)n1. The van der Waals surface area contributed by atoms with E-state index in [2.05, 4.69) is 33.2 Å². The van der Waals surface area contributed by atoms with Gasteiger partial charge in [0.25, 0.3) is 0 Å². The maximum atomic E-state index is 5.88. The van der Waals surface area contributed by atoms with Gasteiger partial charge < -0.3 is 5.73 Å². The van der Waals surface area contributed by atoms with Crippen LogP contribution in [-0.4, -0.2) is 15.0 Å². The second-order valence-electron chi connectivity index (χ2n) is 5.92. The molecular formula is C18H18N4. The molecule has 0 aliphatic heterocycles. The monoisotopic (exact) mass is 290 g/mol. The van der Waals surface area contributed by atoms with Crippen molar-refractivity contribution in [1.82, 2.24) is 15.0 Å². The number of hydrogen-bond acceptors (Lipinski definition) is 4.